The van der Waals surface area contributed by atoms with E-state index in [-0.39, 0.29) is 0 Å². The molecule has 0 radical (unpaired) electrons. The van der Waals surface area contributed by atoms with E-state index in [0.717, 1.165) is 38.2 Å². The van der Waals surface area contributed by atoms with Gasteiger partial charge in [0.05, 0.1) is 7.11 Å². The number of nitrogens with zero attached hydrogens (tertiary/aromatic N) is 1. The minimum Gasteiger partial charge on any atom is -0.497 e. The molecule has 1 aromatic carbocycles. The number of aliphatic hydroxyl groups is 1. The van der Waals surface area contributed by atoms with Crippen molar-refractivity contribution in [1.29, 1.82) is 0 Å². The normalized spacial score (nSPS) is 20.7. The lowest BCUT2D eigenvalue weighted by Crippen LogP contribution is -2.24. The number of methoxy groups -OCH3 is 1. The second-order valence-electron chi connectivity index (χ2n) is 4.74. The van der Waals surface area contributed by atoms with Crippen LogP contribution in [-0.4, -0.2) is 43.4 Å². The number of likely N-dealkylation sites (tertiary alicyclic amines) is 1. The Balaban J connectivity index is 1.78. The van der Waals surface area contributed by atoms with Crippen molar-refractivity contribution in [3.8, 4) is 5.75 Å². The van der Waals surface area contributed by atoms with Crippen LogP contribution in [0.2, 0.25) is 0 Å². The van der Waals surface area contributed by atoms with Gasteiger partial charge in [-0.25, -0.2) is 0 Å². The molecule has 1 saturated heterocycles. The van der Waals surface area contributed by atoms with Gasteiger partial charge in [-0.15, -0.1) is 0 Å². The van der Waals surface area contributed by atoms with Gasteiger partial charge >= 0.3 is 0 Å². The van der Waals surface area contributed by atoms with E-state index in [1.54, 1.807) is 7.11 Å². The van der Waals surface area contributed by atoms with Gasteiger partial charge in [-0.05, 0) is 43.0 Å². The van der Waals surface area contributed by atoms with E-state index in [0.29, 0.717) is 12.5 Å². The van der Waals surface area contributed by atoms with Crippen LogP contribution in [-0.2, 0) is 6.42 Å². The Labute approximate surface area is 103 Å². The van der Waals surface area contributed by atoms with Crippen molar-refractivity contribution < 1.29 is 9.84 Å². The number of hydrogen-bond donors (Lipinski definition) is 1. The van der Waals surface area contributed by atoms with Crippen LogP contribution < -0.4 is 4.74 Å². The Morgan fingerprint density at radius 1 is 1.35 bits per heavy atom. The molecule has 1 aliphatic rings. The zero-order valence-electron chi connectivity index (χ0n) is 10.4. The molecule has 17 heavy (non-hydrogen) atoms. The summed E-state index contributed by atoms with van der Waals surface area (Å²) < 4.78 is 5.14. The number of rotatable bonds is 5. The third kappa shape index (κ3) is 3.45. The maximum Gasteiger partial charge on any atom is 0.118 e. The van der Waals surface area contributed by atoms with Crippen LogP contribution in [0.25, 0.3) is 0 Å². The molecule has 0 amide bonds. The predicted molar refractivity (Wildman–Crippen MR) is 68.3 cm³/mol. The summed E-state index contributed by atoms with van der Waals surface area (Å²) in [7, 11) is 1.69. The van der Waals surface area contributed by atoms with Crippen LogP contribution in [0, 0.1) is 5.92 Å². The van der Waals surface area contributed by atoms with Crippen LogP contribution in [0.15, 0.2) is 24.3 Å². The van der Waals surface area contributed by atoms with Gasteiger partial charge in [0.15, 0.2) is 0 Å². The molecule has 1 aromatic rings. The molecule has 0 aliphatic carbocycles. The molecule has 1 N–H and O–H groups in total. The zero-order valence-corrected chi connectivity index (χ0v) is 10.4. The molecule has 3 nitrogen and oxygen atoms in total. The van der Waals surface area contributed by atoms with E-state index in [9.17, 15) is 0 Å². The van der Waals surface area contributed by atoms with Crippen molar-refractivity contribution in [3.05, 3.63) is 29.8 Å². The van der Waals surface area contributed by atoms with E-state index < -0.39 is 0 Å². The second kappa shape index (κ2) is 6.03. The number of hydrogen-bond acceptors (Lipinski definition) is 3. The van der Waals surface area contributed by atoms with Gasteiger partial charge in [0.2, 0.25) is 0 Å². The SMILES string of the molecule is COc1ccc(CCN2CCC(CO)C2)cc1. The quantitative estimate of drug-likeness (QED) is 0.840. The molecule has 0 bridgehead atoms. The van der Waals surface area contributed by atoms with Gasteiger partial charge < -0.3 is 14.7 Å². The molecule has 2 rings (SSSR count). The fourth-order valence-corrected chi connectivity index (χ4v) is 2.34. The Bertz CT molecular complexity index is 337. The monoisotopic (exact) mass is 235 g/mol. The largest absolute Gasteiger partial charge is 0.497 e. The molecule has 1 heterocycles. The average Bonchev–Trinajstić information content (AvgIpc) is 2.85. The van der Waals surface area contributed by atoms with Gasteiger partial charge in [-0.2, -0.15) is 0 Å². The molecule has 0 spiro atoms. The minimum atomic E-state index is 0.332. The minimum absolute atomic E-state index is 0.332. The van der Waals surface area contributed by atoms with Gasteiger partial charge in [-0.1, -0.05) is 12.1 Å². The van der Waals surface area contributed by atoms with Gasteiger partial charge in [0.25, 0.3) is 0 Å². The highest BCUT2D eigenvalue weighted by Crippen LogP contribution is 2.16. The van der Waals surface area contributed by atoms with Crippen LogP contribution >= 0.6 is 0 Å². The number of ether oxygens (including phenoxy) is 1. The molecule has 1 unspecified atom stereocenters. The van der Waals surface area contributed by atoms with E-state index >= 15 is 0 Å². The predicted octanol–water partition coefficient (Wildman–Crippen LogP) is 1.55. The maximum absolute atomic E-state index is 9.09. The summed E-state index contributed by atoms with van der Waals surface area (Å²) in [6, 6.07) is 8.27. The standard InChI is InChI=1S/C14H21NO2/c1-17-14-4-2-12(3-5-14)6-8-15-9-7-13(10-15)11-16/h2-5,13,16H,6-11H2,1H3. The van der Waals surface area contributed by atoms with Gasteiger partial charge in [-0.3, -0.25) is 0 Å². The molecule has 94 valence electrons. The van der Waals surface area contributed by atoms with Gasteiger partial charge in [0, 0.05) is 19.7 Å². The molecule has 0 aromatic heterocycles. The highest BCUT2D eigenvalue weighted by Gasteiger charge is 2.20. The Kier molecular flexibility index (Phi) is 4.40. The van der Waals surface area contributed by atoms with E-state index in [1.165, 1.54) is 5.56 Å². The summed E-state index contributed by atoms with van der Waals surface area (Å²) in [5.41, 5.74) is 1.35. The van der Waals surface area contributed by atoms with Crippen LogP contribution in [0.4, 0.5) is 0 Å². The Morgan fingerprint density at radius 2 is 2.12 bits per heavy atom. The first-order valence-electron chi connectivity index (χ1n) is 6.28. The van der Waals surface area contributed by atoms with Crippen LogP contribution in [0.3, 0.4) is 0 Å². The lowest BCUT2D eigenvalue weighted by atomic mass is 10.1. The molecule has 0 saturated carbocycles. The van der Waals surface area contributed by atoms with Crippen LogP contribution in [0.1, 0.15) is 12.0 Å². The molecule has 1 fully saturated rings. The third-order valence-electron chi connectivity index (χ3n) is 3.50. The van der Waals surface area contributed by atoms with Crippen molar-refractivity contribution in [3.63, 3.8) is 0 Å². The van der Waals surface area contributed by atoms with Crippen molar-refractivity contribution >= 4 is 0 Å². The van der Waals surface area contributed by atoms with E-state index in [4.69, 9.17) is 9.84 Å². The smallest absolute Gasteiger partial charge is 0.118 e. The maximum atomic E-state index is 9.09. The highest BCUT2D eigenvalue weighted by atomic mass is 16.5. The van der Waals surface area contributed by atoms with Crippen molar-refractivity contribution in [2.75, 3.05) is 33.4 Å². The van der Waals surface area contributed by atoms with Crippen molar-refractivity contribution in [1.82, 2.24) is 4.90 Å². The zero-order chi connectivity index (χ0) is 12.1. The third-order valence-corrected chi connectivity index (χ3v) is 3.50. The molecular weight excluding hydrogens is 214 g/mol. The van der Waals surface area contributed by atoms with Crippen molar-refractivity contribution in [2.24, 2.45) is 5.92 Å². The first kappa shape index (κ1) is 12.4. The lowest BCUT2D eigenvalue weighted by Gasteiger charge is -2.15. The topological polar surface area (TPSA) is 32.7 Å². The van der Waals surface area contributed by atoms with Crippen LogP contribution in [0.5, 0.6) is 5.75 Å². The van der Waals surface area contributed by atoms with E-state index in [1.807, 2.05) is 12.1 Å². The molecule has 1 atom stereocenters. The fraction of sp³-hybridized carbons (Fsp3) is 0.571. The van der Waals surface area contributed by atoms with Crippen molar-refractivity contribution in [2.45, 2.75) is 12.8 Å². The van der Waals surface area contributed by atoms with E-state index in [2.05, 4.69) is 17.0 Å². The second-order valence-corrected chi connectivity index (χ2v) is 4.74. The highest BCUT2D eigenvalue weighted by molar-refractivity contribution is 5.27. The summed E-state index contributed by atoms with van der Waals surface area (Å²) in [5, 5.41) is 9.09. The fourth-order valence-electron chi connectivity index (χ4n) is 2.34. The summed E-state index contributed by atoms with van der Waals surface area (Å²) in [6.07, 6.45) is 2.21. The Hall–Kier alpha value is -1.06. The Morgan fingerprint density at radius 3 is 2.71 bits per heavy atom. The molecular formula is C14H21NO2. The first-order chi connectivity index (χ1) is 8.31. The summed E-state index contributed by atoms with van der Waals surface area (Å²) >= 11 is 0. The first-order valence-corrected chi connectivity index (χ1v) is 6.28. The molecule has 3 heteroatoms. The lowest BCUT2D eigenvalue weighted by molar-refractivity contribution is 0.222. The number of aliphatic hydroxyl groups excluding tert-OH is 1. The summed E-state index contributed by atoms with van der Waals surface area (Å²) in [6.45, 7) is 3.59. The number of benzene rings is 1. The van der Waals surface area contributed by atoms with Gasteiger partial charge in [0.1, 0.15) is 5.75 Å². The molecule has 1 aliphatic heterocycles. The average molecular weight is 235 g/mol. The summed E-state index contributed by atoms with van der Waals surface area (Å²) in [4.78, 5) is 2.44. The summed E-state index contributed by atoms with van der Waals surface area (Å²) in [5.74, 6) is 1.40.